The smallest absolute Gasteiger partial charge is 0.162 e. The van der Waals surface area contributed by atoms with Crippen molar-refractivity contribution in [3.05, 3.63) is 58.6 Å². The summed E-state index contributed by atoms with van der Waals surface area (Å²) in [6, 6.07) is 14.0. The van der Waals surface area contributed by atoms with Gasteiger partial charge >= 0.3 is 0 Å². The fourth-order valence-corrected chi connectivity index (χ4v) is 2.14. The van der Waals surface area contributed by atoms with E-state index in [1.165, 1.54) is 0 Å². The molecule has 0 saturated carbocycles. The van der Waals surface area contributed by atoms with E-state index in [0.29, 0.717) is 34.3 Å². The molecule has 5 heteroatoms. The predicted molar refractivity (Wildman–Crippen MR) is 84.2 cm³/mol. The molecule has 0 aliphatic heterocycles. The van der Waals surface area contributed by atoms with Crippen LogP contribution in [0.15, 0.2) is 42.5 Å². The molecular formula is C17H16ClNO3. The quantitative estimate of drug-likeness (QED) is 0.882. The first kappa shape index (κ1) is 16.2. The van der Waals surface area contributed by atoms with Crippen molar-refractivity contribution in [2.75, 3.05) is 13.2 Å². The van der Waals surface area contributed by atoms with E-state index in [4.69, 9.17) is 26.3 Å². The van der Waals surface area contributed by atoms with E-state index in [0.717, 1.165) is 0 Å². The lowest BCUT2D eigenvalue weighted by molar-refractivity contribution is 0.106. The van der Waals surface area contributed by atoms with Crippen LogP contribution in [0.4, 0.5) is 0 Å². The van der Waals surface area contributed by atoms with Gasteiger partial charge in [-0.1, -0.05) is 23.7 Å². The fraction of sp³-hybridized carbons (Fsp3) is 0.235. The summed E-state index contributed by atoms with van der Waals surface area (Å²) in [4.78, 5) is 0. The zero-order chi connectivity index (χ0) is 15.9. The highest BCUT2D eigenvalue weighted by molar-refractivity contribution is 6.30. The van der Waals surface area contributed by atoms with Gasteiger partial charge in [0.15, 0.2) is 11.5 Å². The molecule has 0 spiro atoms. The number of rotatable bonds is 6. The van der Waals surface area contributed by atoms with Gasteiger partial charge in [0, 0.05) is 11.1 Å². The summed E-state index contributed by atoms with van der Waals surface area (Å²) < 4.78 is 11.1. The molecule has 0 saturated heterocycles. The first-order valence-electron chi connectivity index (χ1n) is 6.87. The number of aliphatic hydroxyl groups excluding tert-OH is 1. The third-order valence-electron chi connectivity index (χ3n) is 3.00. The Labute approximate surface area is 134 Å². The topological polar surface area (TPSA) is 62.5 Å². The summed E-state index contributed by atoms with van der Waals surface area (Å²) in [5, 5.41) is 19.6. The average molecular weight is 318 g/mol. The minimum Gasteiger partial charge on any atom is -0.490 e. The lowest BCUT2D eigenvalue weighted by atomic mass is 10.1. The summed E-state index contributed by atoms with van der Waals surface area (Å²) in [5.74, 6) is 0.974. The maximum absolute atomic E-state index is 10.2. The zero-order valence-corrected chi connectivity index (χ0v) is 12.9. The normalized spacial score (nSPS) is 11.5. The summed E-state index contributed by atoms with van der Waals surface area (Å²) in [6.07, 6.45) is -0.802. The fourth-order valence-electron chi connectivity index (χ4n) is 1.94. The Balaban J connectivity index is 2.09. The van der Waals surface area contributed by atoms with Crippen LogP contribution >= 0.6 is 11.6 Å². The van der Waals surface area contributed by atoms with E-state index in [1.807, 2.05) is 6.92 Å². The zero-order valence-electron chi connectivity index (χ0n) is 12.1. The van der Waals surface area contributed by atoms with Crippen LogP contribution in [0.1, 0.15) is 24.2 Å². The second-order valence-electron chi connectivity index (χ2n) is 4.59. The third-order valence-corrected chi connectivity index (χ3v) is 3.24. The molecule has 0 fully saturated rings. The van der Waals surface area contributed by atoms with Gasteiger partial charge in [0.05, 0.1) is 18.2 Å². The van der Waals surface area contributed by atoms with Crippen molar-refractivity contribution in [1.82, 2.24) is 0 Å². The van der Waals surface area contributed by atoms with Crippen molar-refractivity contribution in [1.29, 1.82) is 5.26 Å². The maximum Gasteiger partial charge on any atom is 0.162 e. The largest absolute Gasteiger partial charge is 0.490 e. The molecule has 114 valence electrons. The Kier molecular flexibility index (Phi) is 5.65. The summed E-state index contributed by atoms with van der Waals surface area (Å²) >= 11 is 5.90. The Hall–Kier alpha value is -2.22. The molecule has 1 N–H and O–H groups in total. The lowest BCUT2D eigenvalue weighted by Gasteiger charge is -2.15. The van der Waals surface area contributed by atoms with E-state index < -0.39 is 6.10 Å². The number of hydrogen-bond donors (Lipinski definition) is 1. The van der Waals surface area contributed by atoms with Crippen LogP contribution in [0.3, 0.4) is 0 Å². The van der Waals surface area contributed by atoms with Crippen LogP contribution in [0.5, 0.6) is 11.5 Å². The highest BCUT2D eigenvalue weighted by Crippen LogP contribution is 2.29. The molecule has 1 unspecified atom stereocenters. The molecule has 0 bridgehead atoms. The van der Waals surface area contributed by atoms with Gasteiger partial charge in [-0.3, -0.25) is 0 Å². The van der Waals surface area contributed by atoms with Crippen molar-refractivity contribution >= 4 is 11.6 Å². The standard InChI is InChI=1S/C17H16ClNO3/c1-2-21-17-8-12(10-19)6-7-16(17)22-11-15(20)13-4-3-5-14(18)9-13/h3-9,15,20H,2,11H2,1H3. The van der Waals surface area contributed by atoms with E-state index >= 15 is 0 Å². The number of nitrogens with zero attached hydrogens (tertiary/aromatic N) is 1. The molecule has 0 amide bonds. The van der Waals surface area contributed by atoms with Crippen LogP contribution < -0.4 is 9.47 Å². The first-order valence-corrected chi connectivity index (χ1v) is 7.25. The molecule has 0 radical (unpaired) electrons. The van der Waals surface area contributed by atoms with Crippen molar-refractivity contribution in [3.8, 4) is 17.6 Å². The molecule has 0 heterocycles. The Morgan fingerprint density at radius 2 is 2.00 bits per heavy atom. The minimum absolute atomic E-state index is 0.0618. The van der Waals surface area contributed by atoms with Gasteiger partial charge in [-0.05, 0) is 36.8 Å². The lowest BCUT2D eigenvalue weighted by Crippen LogP contribution is -2.10. The molecule has 2 aromatic rings. The van der Waals surface area contributed by atoms with Crippen molar-refractivity contribution in [2.24, 2.45) is 0 Å². The number of halogens is 1. The molecule has 0 aromatic heterocycles. The SMILES string of the molecule is CCOc1cc(C#N)ccc1OCC(O)c1cccc(Cl)c1. The van der Waals surface area contributed by atoms with E-state index in [2.05, 4.69) is 6.07 Å². The molecule has 4 nitrogen and oxygen atoms in total. The van der Waals surface area contributed by atoms with Crippen LogP contribution in [-0.2, 0) is 0 Å². The molecule has 2 rings (SSSR count). The van der Waals surface area contributed by atoms with E-state index in [9.17, 15) is 5.11 Å². The summed E-state index contributed by atoms with van der Waals surface area (Å²) in [5.41, 5.74) is 1.17. The number of benzene rings is 2. The van der Waals surface area contributed by atoms with Crippen molar-refractivity contribution in [3.63, 3.8) is 0 Å². The Bertz CT molecular complexity index is 682. The summed E-state index contributed by atoms with van der Waals surface area (Å²) in [6.45, 7) is 2.37. The number of ether oxygens (including phenoxy) is 2. The summed E-state index contributed by atoms with van der Waals surface area (Å²) in [7, 11) is 0. The van der Waals surface area contributed by atoms with Crippen molar-refractivity contribution < 1.29 is 14.6 Å². The highest BCUT2D eigenvalue weighted by atomic mass is 35.5. The van der Waals surface area contributed by atoms with Crippen LogP contribution in [0.2, 0.25) is 5.02 Å². The average Bonchev–Trinajstić information content (AvgIpc) is 2.53. The predicted octanol–water partition coefficient (Wildman–Crippen LogP) is 3.72. The number of hydrogen-bond acceptors (Lipinski definition) is 4. The second kappa shape index (κ2) is 7.69. The second-order valence-corrected chi connectivity index (χ2v) is 5.02. The molecule has 2 aromatic carbocycles. The van der Waals surface area contributed by atoms with Gasteiger partial charge < -0.3 is 14.6 Å². The van der Waals surface area contributed by atoms with Crippen LogP contribution in [-0.4, -0.2) is 18.3 Å². The molecular weight excluding hydrogens is 302 g/mol. The Morgan fingerprint density at radius 3 is 2.68 bits per heavy atom. The molecule has 22 heavy (non-hydrogen) atoms. The van der Waals surface area contributed by atoms with Gasteiger partial charge in [0.2, 0.25) is 0 Å². The molecule has 0 aliphatic rings. The van der Waals surface area contributed by atoms with Gasteiger partial charge in [-0.25, -0.2) is 0 Å². The molecule has 1 atom stereocenters. The van der Waals surface area contributed by atoms with Crippen LogP contribution in [0, 0.1) is 11.3 Å². The Morgan fingerprint density at radius 1 is 1.18 bits per heavy atom. The van der Waals surface area contributed by atoms with Gasteiger partial charge in [-0.2, -0.15) is 5.26 Å². The van der Waals surface area contributed by atoms with Gasteiger partial charge in [0.1, 0.15) is 12.7 Å². The highest BCUT2D eigenvalue weighted by Gasteiger charge is 2.12. The third kappa shape index (κ3) is 4.14. The monoisotopic (exact) mass is 317 g/mol. The number of nitriles is 1. The number of aliphatic hydroxyl groups is 1. The first-order chi connectivity index (χ1) is 10.6. The van der Waals surface area contributed by atoms with Gasteiger partial charge in [0.25, 0.3) is 0 Å². The van der Waals surface area contributed by atoms with Gasteiger partial charge in [-0.15, -0.1) is 0 Å². The van der Waals surface area contributed by atoms with Crippen molar-refractivity contribution in [2.45, 2.75) is 13.0 Å². The van der Waals surface area contributed by atoms with E-state index in [1.54, 1.807) is 42.5 Å². The minimum atomic E-state index is -0.802. The van der Waals surface area contributed by atoms with Crippen LogP contribution in [0.25, 0.3) is 0 Å². The van der Waals surface area contributed by atoms with E-state index in [-0.39, 0.29) is 6.61 Å². The maximum atomic E-state index is 10.2. The molecule has 0 aliphatic carbocycles.